The van der Waals surface area contributed by atoms with Crippen LogP contribution in [0, 0.1) is 0 Å². The van der Waals surface area contributed by atoms with Gasteiger partial charge in [0.2, 0.25) is 5.76 Å². The molecule has 2 N–H and O–H groups in total. The third-order valence-corrected chi connectivity index (χ3v) is 3.72. The summed E-state index contributed by atoms with van der Waals surface area (Å²) < 4.78 is 6.22. The van der Waals surface area contributed by atoms with Crippen LogP contribution in [0.5, 0.6) is 0 Å². The molecule has 0 saturated carbocycles. The predicted octanol–water partition coefficient (Wildman–Crippen LogP) is 3.09. The number of aromatic carboxylic acids is 1. The lowest BCUT2D eigenvalue weighted by molar-refractivity contribution is 0.0660. The van der Waals surface area contributed by atoms with Gasteiger partial charge in [0.15, 0.2) is 0 Å². The third-order valence-electron chi connectivity index (χ3n) is 2.10. The van der Waals surface area contributed by atoms with Crippen LogP contribution >= 0.6 is 27.3 Å². The Bertz CT molecular complexity index is 520. The average molecular weight is 316 g/mol. The average Bonchev–Trinajstić information content (AvgIpc) is 2.88. The van der Waals surface area contributed by atoms with E-state index in [4.69, 9.17) is 9.52 Å². The zero-order valence-electron chi connectivity index (χ0n) is 8.77. The van der Waals surface area contributed by atoms with Gasteiger partial charge in [-0.3, -0.25) is 0 Å². The topological polar surface area (TPSA) is 62.5 Å². The van der Waals surface area contributed by atoms with Crippen molar-refractivity contribution in [2.75, 3.05) is 0 Å². The molecular weight excluding hydrogens is 306 g/mol. The molecule has 2 aromatic heterocycles. The molecule has 2 rings (SSSR count). The first-order valence-electron chi connectivity index (χ1n) is 4.92. The van der Waals surface area contributed by atoms with E-state index in [1.807, 2.05) is 12.1 Å². The summed E-state index contributed by atoms with van der Waals surface area (Å²) in [5.74, 6) is -0.447. The van der Waals surface area contributed by atoms with E-state index in [9.17, 15) is 4.79 Å². The molecule has 0 spiro atoms. The van der Waals surface area contributed by atoms with Gasteiger partial charge in [-0.05, 0) is 40.2 Å². The second-order valence-electron chi connectivity index (χ2n) is 3.38. The first-order chi connectivity index (χ1) is 8.15. The summed E-state index contributed by atoms with van der Waals surface area (Å²) >= 11 is 5.06. The van der Waals surface area contributed by atoms with Crippen LogP contribution < -0.4 is 5.32 Å². The fraction of sp³-hybridized carbons (Fsp3) is 0.182. The first kappa shape index (κ1) is 12.3. The highest BCUT2D eigenvalue weighted by Gasteiger charge is 2.08. The van der Waals surface area contributed by atoms with Crippen molar-refractivity contribution in [3.63, 3.8) is 0 Å². The van der Waals surface area contributed by atoms with Crippen molar-refractivity contribution in [3.05, 3.63) is 44.4 Å². The van der Waals surface area contributed by atoms with Gasteiger partial charge < -0.3 is 14.8 Å². The summed E-state index contributed by atoms with van der Waals surface area (Å²) in [5.41, 5.74) is 0. The molecule has 0 saturated heterocycles. The van der Waals surface area contributed by atoms with Crippen LogP contribution in [0.4, 0.5) is 0 Å². The van der Waals surface area contributed by atoms with Crippen LogP contribution in [0.2, 0.25) is 0 Å². The molecule has 0 radical (unpaired) electrons. The fourth-order valence-electron chi connectivity index (χ4n) is 1.34. The molecule has 0 aliphatic rings. The Morgan fingerprint density at radius 2 is 2.18 bits per heavy atom. The minimum absolute atomic E-state index is 0.0272. The number of carbonyl (C=O) groups is 1. The largest absolute Gasteiger partial charge is 0.475 e. The summed E-state index contributed by atoms with van der Waals surface area (Å²) in [6.45, 7) is 1.25. The van der Waals surface area contributed by atoms with Gasteiger partial charge in [0.05, 0.1) is 10.3 Å². The third kappa shape index (κ3) is 3.42. The van der Waals surface area contributed by atoms with Crippen molar-refractivity contribution in [3.8, 4) is 0 Å². The van der Waals surface area contributed by atoms with E-state index in [0.717, 1.165) is 10.3 Å². The van der Waals surface area contributed by atoms with Gasteiger partial charge in [-0.2, -0.15) is 0 Å². The van der Waals surface area contributed by atoms with E-state index < -0.39 is 5.97 Å². The summed E-state index contributed by atoms with van der Waals surface area (Å²) in [5, 5.41) is 11.9. The van der Waals surface area contributed by atoms with Gasteiger partial charge in [0, 0.05) is 11.4 Å². The lowest BCUT2D eigenvalue weighted by Crippen LogP contribution is -2.11. The molecule has 0 aromatic carbocycles. The maximum absolute atomic E-state index is 10.6. The normalized spacial score (nSPS) is 10.6. The molecule has 0 aliphatic carbocycles. The van der Waals surface area contributed by atoms with Crippen LogP contribution in [0.1, 0.15) is 21.2 Å². The van der Waals surface area contributed by atoms with Crippen LogP contribution in [0.3, 0.4) is 0 Å². The van der Waals surface area contributed by atoms with Crippen LogP contribution in [0.25, 0.3) is 0 Å². The Labute approximate surface area is 110 Å². The van der Waals surface area contributed by atoms with Gasteiger partial charge >= 0.3 is 5.97 Å². The molecule has 0 aliphatic heterocycles. The predicted molar refractivity (Wildman–Crippen MR) is 68.2 cm³/mol. The van der Waals surface area contributed by atoms with Crippen molar-refractivity contribution in [2.45, 2.75) is 13.1 Å². The van der Waals surface area contributed by atoms with E-state index in [1.54, 1.807) is 17.4 Å². The van der Waals surface area contributed by atoms with Crippen molar-refractivity contribution in [2.24, 2.45) is 0 Å². The van der Waals surface area contributed by atoms with Crippen molar-refractivity contribution >= 4 is 33.2 Å². The van der Waals surface area contributed by atoms with E-state index in [1.165, 1.54) is 10.9 Å². The Kier molecular flexibility index (Phi) is 3.98. The highest BCUT2D eigenvalue weighted by atomic mass is 79.9. The molecule has 0 fully saturated rings. The van der Waals surface area contributed by atoms with Crippen LogP contribution in [0.15, 0.2) is 32.5 Å². The van der Waals surface area contributed by atoms with Gasteiger partial charge in [-0.15, -0.1) is 11.3 Å². The Morgan fingerprint density at radius 1 is 1.35 bits per heavy atom. The summed E-state index contributed by atoms with van der Waals surface area (Å²) in [6, 6.07) is 7.16. The molecule has 0 unspecified atom stereocenters. The molecule has 90 valence electrons. The Balaban J connectivity index is 1.83. The fourth-order valence-corrected chi connectivity index (χ4v) is 2.80. The number of carboxylic acids is 1. The molecule has 0 bridgehead atoms. The monoisotopic (exact) mass is 315 g/mol. The molecule has 0 atom stereocenters. The molecule has 0 amide bonds. The highest BCUT2D eigenvalue weighted by molar-refractivity contribution is 9.11. The van der Waals surface area contributed by atoms with Gasteiger partial charge in [-0.25, -0.2) is 4.79 Å². The van der Waals surface area contributed by atoms with Gasteiger partial charge in [-0.1, -0.05) is 0 Å². The van der Waals surface area contributed by atoms with E-state index in [-0.39, 0.29) is 5.76 Å². The number of carboxylic acid groups (broad SMARTS) is 1. The van der Waals surface area contributed by atoms with Crippen molar-refractivity contribution in [1.82, 2.24) is 5.32 Å². The molecular formula is C11H10BrNO3S. The van der Waals surface area contributed by atoms with Crippen LogP contribution in [-0.4, -0.2) is 11.1 Å². The molecule has 17 heavy (non-hydrogen) atoms. The number of hydrogen-bond acceptors (Lipinski definition) is 4. The summed E-state index contributed by atoms with van der Waals surface area (Å²) in [6.07, 6.45) is 0. The highest BCUT2D eigenvalue weighted by Crippen LogP contribution is 2.21. The Hall–Kier alpha value is -1.11. The van der Waals surface area contributed by atoms with Gasteiger partial charge in [0.1, 0.15) is 5.76 Å². The number of thiophene rings is 1. The molecule has 4 nitrogen and oxygen atoms in total. The number of rotatable bonds is 5. The van der Waals surface area contributed by atoms with Gasteiger partial charge in [0.25, 0.3) is 0 Å². The zero-order chi connectivity index (χ0) is 12.3. The standard InChI is InChI=1S/C11H10BrNO3S/c12-10-4-2-8(17-10)6-13-5-7-1-3-9(16-7)11(14)15/h1-4,13H,5-6H2,(H,14,15). The van der Waals surface area contributed by atoms with E-state index in [2.05, 4.69) is 21.2 Å². The smallest absolute Gasteiger partial charge is 0.371 e. The maximum atomic E-state index is 10.6. The maximum Gasteiger partial charge on any atom is 0.371 e. The van der Waals surface area contributed by atoms with Crippen molar-refractivity contribution < 1.29 is 14.3 Å². The molecule has 2 aromatic rings. The quantitative estimate of drug-likeness (QED) is 0.890. The number of furan rings is 1. The first-order valence-corrected chi connectivity index (χ1v) is 6.53. The molecule has 2 heterocycles. The lowest BCUT2D eigenvalue weighted by Gasteiger charge is -1.99. The van der Waals surface area contributed by atoms with E-state index >= 15 is 0 Å². The van der Waals surface area contributed by atoms with E-state index in [0.29, 0.717) is 12.3 Å². The number of nitrogens with one attached hydrogen (secondary N) is 1. The second kappa shape index (κ2) is 5.48. The second-order valence-corrected chi connectivity index (χ2v) is 5.93. The summed E-state index contributed by atoms with van der Waals surface area (Å²) in [7, 11) is 0. The number of halogens is 1. The lowest BCUT2D eigenvalue weighted by atomic mass is 10.4. The zero-order valence-corrected chi connectivity index (χ0v) is 11.2. The SMILES string of the molecule is O=C(O)c1ccc(CNCc2ccc(Br)s2)o1. The minimum atomic E-state index is -1.04. The summed E-state index contributed by atoms with van der Waals surface area (Å²) in [4.78, 5) is 11.8. The van der Waals surface area contributed by atoms with Crippen LogP contribution in [-0.2, 0) is 13.1 Å². The Morgan fingerprint density at radius 3 is 2.76 bits per heavy atom. The minimum Gasteiger partial charge on any atom is -0.475 e. The molecule has 6 heteroatoms. The number of hydrogen-bond donors (Lipinski definition) is 2. The van der Waals surface area contributed by atoms with Crippen molar-refractivity contribution in [1.29, 1.82) is 0 Å².